The van der Waals surface area contributed by atoms with Crippen LogP contribution in [0.4, 0.5) is 79.0 Å². The summed E-state index contributed by atoms with van der Waals surface area (Å²) in [5, 5.41) is 2.97. The number of halogens is 20. The normalized spacial score (nSPS) is 17.8. The summed E-state index contributed by atoms with van der Waals surface area (Å²) in [6, 6.07) is 12.6. The molecule has 0 aromatic heterocycles. The molecule has 1 saturated carbocycles. The van der Waals surface area contributed by atoms with Crippen molar-refractivity contribution in [1.82, 2.24) is 0 Å². The quantitative estimate of drug-likeness (QED) is 0.0867. The Kier molecular flexibility index (Phi) is 15.2. The van der Waals surface area contributed by atoms with Crippen molar-refractivity contribution in [1.29, 1.82) is 0 Å². The smallest absolute Gasteiger partial charge is 1.00 e. The number of rotatable bonds is 7. The van der Waals surface area contributed by atoms with Gasteiger partial charge in [-0.3, -0.25) is 0 Å². The summed E-state index contributed by atoms with van der Waals surface area (Å²) < 4.78 is 254. The van der Waals surface area contributed by atoms with Crippen molar-refractivity contribution in [2.24, 2.45) is 5.92 Å². The fourth-order valence-electron chi connectivity index (χ4n) is 11.4. The van der Waals surface area contributed by atoms with E-state index in [2.05, 4.69) is 0 Å². The molecule has 1 radical (unpaired) electrons. The van der Waals surface area contributed by atoms with E-state index < -0.39 is 73.0 Å². The number of hydrogen-bond donors (Lipinski definition) is 0. The van der Waals surface area contributed by atoms with Gasteiger partial charge in [0.25, 0.3) is 10.8 Å². The van der Waals surface area contributed by atoms with Gasteiger partial charge in [-0.1, -0.05) is 134 Å². The van der Waals surface area contributed by atoms with E-state index in [9.17, 15) is 79.0 Å². The molecule has 5 aromatic rings. The topological polar surface area (TPSA) is 0 Å². The summed E-state index contributed by atoms with van der Waals surface area (Å²) in [4.78, 5) is 0. The second-order valence-corrected chi connectivity index (χ2v) is 22.3. The maximum Gasteiger partial charge on any atom is 3.00 e. The van der Waals surface area contributed by atoms with Crippen LogP contribution < -0.4 is 35.2 Å². The maximum absolute atomic E-state index is 14.2. The number of hydrogen-bond acceptors (Lipinski definition) is 0. The van der Waals surface area contributed by atoms with Crippen molar-refractivity contribution in [3.05, 3.63) is 118 Å². The molecule has 8 rings (SSSR count). The van der Waals surface area contributed by atoms with E-state index in [0.717, 1.165) is 65.0 Å². The molecule has 1 fully saturated rings. The standard InChI is InChI=1S/C48H37F18Si.2ClH.Zr/c1-4-24-21-28-22-35(40-36(37(28)39(24)67(40,2)3)27-15-19-30(20-16-27)42(46(58,59)60,47(61,62)63)48(64,65)66)38-32-12-8-11-31(34(32)23-33(38)25-9-6-5-7-10-25)26-13-17-29(18-14-26)41(43(49,50)51,44(52,53)54)45(55,56)57;;;/h8,11-23,25,38H,4-7,9-10H2,1-3H3;2*1H;/q-1;;;+3/p-2. The van der Waals surface area contributed by atoms with Gasteiger partial charge in [0, 0.05) is 5.92 Å². The third-order valence-corrected chi connectivity index (χ3v) is 17.8. The van der Waals surface area contributed by atoms with Crippen LogP contribution in [0.2, 0.25) is 13.1 Å². The molecule has 3 aliphatic rings. The van der Waals surface area contributed by atoms with Crippen molar-refractivity contribution in [3.63, 3.8) is 0 Å². The Bertz CT molecular complexity index is 2690. The van der Waals surface area contributed by atoms with Crippen LogP contribution in [0.1, 0.15) is 78.3 Å². The van der Waals surface area contributed by atoms with Crippen LogP contribution >= 0.6 is 0 Å². The minimum Gasteiger partial charge on any atom is -1.00 e. The molecular weight excluding hydrogens is 1110 g/mol. The van der Waals surface area contributed by atoms with Gasteiger partial charge in [0.1, 0.15) is 0 Å². The molecule has 2 bridgehead atoms. The van der Waals surface area contributed by atoms with Gasteiger partial charge in [0.15, 0.2) is 0 Å². The predicted molar refractivity (Wildman–Crippen MR) is 219 cm³/mol. The fraction of sp³-hybridized carbons (Fsp3) is 0.396. The number of allylic oxidation sites excluding steroid dienone is 1. The number of fused-ring (bicyclic) bond motifs is 2. The van der Waals surface area contributed by atoms with Crippen molar-refractivity contribution < 1.29 is 130 Å². The van der Waals surface area contributed by atoms with Crippen LogP contribution in [0.5, 0.6) is 0 Å². The Hall–Kier alpha value is -3.35. The van der Waals surface area contributed by atoms with E-state index in [1.165, 1.54) is 6.07 Å². The van der Waals surface area contributed by atoms with E-state index in [-0.39, 0.29) is 97.9 Å². The molecule has 2 aliphatic carbocycles. The molecule has 1 aliphatic heterocycles. The van der Waals surface area contributed by atoms with Crippen LogP contribution in [0.3, 0.4) is 0 Å². The first-order chi connectivity index (χ1) is 30.8. The van der Waals surface area contributed by atoms with Crippen molar-refractivity contribution in [2.75, 3.05) is 0 Å². The fourth-order valence-corrected chi connectivity index (χ4v) is 15.4. The summed E-state index contributed by atoms with van der Waals surface area (Å²) >= 11 is 0. The van der Waals surface area contributed by atoms with Gasteiger partial charge >= 0.3 is 63.3 Å². The van der Waals surface area contributed by atoms with Gasteiger partial charge < -0.3 is 24.8 Å². The third kappa shape index (κ3) is 8.21. The molecule has 5 aromatic carbocycles. The van der Waals surface area contributed by atoms with Gasteiger partial charge in [-0.25, -0.2) is 0 Å². The van der Waals surface area contributed by atoms with Crippen LogP contribution in [0, 0.1) is 5.92 Å². The Labute approximate surface area is 421 Å². The average Bonchev–Trinajstić information content (AvgIpc) is 3.82. The van der Waals surface area contributed by atoms with Crippen LogP contribution in [0.15, 0.2) is 84.4 Å². The number of benzene rings is 4. The van der Waals surface area contributed by atoms with Crippen LogP contribution in [0.25, 0.3) is 39.1 Å². The van der Waals surface area contributed by atoms with Gasteiger partial charge in [-0.2, -0.15) is 79.0 Å². The largest absolute Gasteiger partial charge is 3.00 e. The minimum absolute atomic E-state index is 0. The Morgan fingerprint density at radius 1 is 0.557 bits per heavy atom. The average molecular weight is 1150 g/mol. The first-order valence-electron chi connectivity index (χ1n) is 21.1. The summed E-state index contributed by atoms with van der Waals surface area (Å²) in [6.45, 7) is 5.91. The van der Waals surface area contributed by atoms with Crippen molar-refractivity contribution in [2.45, 2.75) is 112 Å². The van der Waals surface area contributed by atoms with E-state index in [0.29, 0.717) is 52.3 Å². The molecule has 1 atom stereocenters. The Morgan fingerprint density at radius 2 is 1.00 bits per heavy atom. The Morgan fingerprint density at radius 3 is 1.43 bits per heavy atom. The zero-order chi connectivity index (χ0) is 49.5. The van der Waals surface area contributed by atoms with E-state index in [1.54, 1.807) is 12.1 Å². The molecule has 0 nitrogen and oxygen atoms in total. The van der Waals surface area contributed by atoms with Crippen molar-refractivity contribution in [3.8, 4) is 22.3 Å². The monoisotopic (exact) mass is 1140 g/mol. The van der Waals surface area contributed by atoms with Gasteiger partial charge in [-0.05, 0) is 64.1 Å². The molecule has 1 unspecified atom stereocenters. The first-order valence-corrected chi connectivity index (χ1v) is 24.1. The SMILES string of the molecule is CCc1[cH-]c2cc(C3C(C4CCCCC4)=Cc4c(-c5ccc(C(C(F)(F)F)(C(F)(F)F)C(F)(F)F)cc5)cccc43)c3c(-c4ccc(C(C(F)(F)F)(C(F)(F)F)C(F)(F)F)cc4)c2c1[Si]3(C)C.[Cl-].[Cl-].[Zr+3]. The summed E-state index contributed by atoms with van der Waals surface area (Å²) in [5.41, 5.74) is -12.2. The molecular formula is C48H37Cl2F18SiZr. The third-order valence-electron chi connectivity index (χ3n) is 14.2. The number of alkyl halides is 18. The van der Waals surface area contributed by atoms with Crippen molar-refractivity contribution >= 4 is 35.3 Å². The second kappa shape index (κ2) is 18.5. The second-order valence-electron chi connectivity index (χ2n) is 18.1. The number of aryl methyl sites for hydroxylation is 1. The van der Waals surface area contributed by atoms with Gasteiger partial charge in [0.05, 0.1) is 8.07 Å². The molecule has 22 heteroatoms. The zero-order valence-corrected chi connectivity index (χ0v) is 41.5. The molecule has 0 amide bonds. The Balaban J connectivity index is 0.00000304. The van der Waals surface area contributed by atoms with Gasteiger partial charge in [0.2, 0.25) is 0 Å². The summed E-state index contributed by atoms with van der Waals surface area (Å²) in [5.74, 6) is -0.701. The van der Waals surface area contributed by atoms with Crippen LogP contribution in [-0.2, 0) is 43.5 Å². The summed E-state index contributed by atoms with van der Waals surface area (Å²) in [6.07, 6.45) is -34.6. The minimum atomic E-state index is -6.83. The van der Waals surface area contributed by atoms with E-state index >= 15 is 0 Å². The molecule has 0 saturated heterocycles. The zero-order valence-electron chi connectivity index (χ0n) is 36.5. The van der Waals surface area contributed by atoms with Crippen LogP contribution in [-0.4, -0.2) is 45.1 Å². The van der Waals surface area contributed by atoms with E-state index in [4.69, 9.17) is 0 Å². The molecule has 70 heavy (non-hydrogen) atoms. The first kappa shape index (κ1) is 57.5. The summed E-state index contributed by atoms with van der Waals surface area (Å²) in [7, 11) is -2.95. The molecule has 0 N–H and O–H groups in total. The van der Waals surface area contributed by atoms with E-state index in [1.807, 2.05) is 38.2 Å². The maximum atomic E-state index is 14.2. The molecule has 1 heterocycles. The van der Waals surface area contributed by atoms with Gasteiger partial charge in [-0.15, -0.1) is 33.7 Å². The predicted octanol–water partition coefficient (Wildman–Crippen LogP) is 9.56. The molecule has 0 spiro atoms. The molecule has 377 valence electrons.